The van der Waals surface area contributed by atoms with Crippen LogP contribution in [0.15, 0.2) is 83.0 Å². The molecule has 400 valence electrons. The molecular weight excluding hydrogens is 1190 g/mol. The van der Waals surface area contributed by atoms with Gasteiger partial charge < -0.3 is 4.57 Å². The molecule has 21 heteroatoms. The van der Waals surface area contributed by atoms with E-state index < -0.39 is 22.4 Å². The van der Waals surface area contributed by atoms with Crippen molar-refractivity contribution in [2.45, 2.75) is 38.5 Å². The number of thiophene rings is 4. The molecule has 4 aromatic carbocycles. The zero-order valence-electron chi connectivity index (χ0n) is 45.0. The third-order valence-electron chi connectivity index (χ3n) is 17.0. The number of aryl methyl sites for hydroxylation is 1. The van der Waals surface area contributed by atoms with Gasteiger partial charge in [-0.2, -0.15) is 59.6 Å². The number of carbonyl (C=O) groups excluding carboxylic acids is 2. The van der Waals surface area contributed by atoms with Crippen molar-refractivity contribution in [2.24, 2.45) is 7.05 Å². The van der Waals surface area contributed by atoms with Gasteiger partial charge in [-0.1, -0.05) is 27.7 Å². The second-order valence-corrected chi connectivity index (χ2v) is 27.2. The van der Waals surface area contributed by atoms with E-state index >= 15 is 0 Å². The highest BCUT2D eigenvalue weighted by molar-refractivity contribution is 7.25. The Morgan fingerprint density at radius 3 is 1.14 bits per heavy atom. The Bertz CT molecular complexity index is 5330. The quantitative estimate of drug-likeness (QED) is 0.117. The molecule has 0 unspecified atom stereocenters. The molecule has 0 fully saturated rings. The van der Waals surface area contributed by atoms with Crippen molar-refractivity contribution in [3.05, 3.63) is 159 Å². The first-order valence-corrected chi connectivity index (χ1v) is 30.8. The first-order chi connectivity index (χ1) is 41.5. The predicted octanol–water partition coefficient (Wildman–Crippen LogP) is 15.2. The first kappa shape index (κ1) is 52.2. The van der Waals surface area contributed by atoms with E-state index in [9.17, 15) is 51.7 Å². The average Bonchev–Trinajstić information content (AvgIpc) is 1.57. The maximum absolute atomic E-state index is 14.1. The molecule has 0 saturated heterocycles. The number of nitriles is 8. The van der Waals surface area contributed by atoms with E-state index in [1.807, 2.05) is 48.6 Å². The Morgan fingerprint density at radius 2 is 0.779 bits per heavy atom. The van der Waals surface area contributed by atoms with Crippen LogP contribution in [0, 0.1) is 90.6 Å². The van der Waals surface area contributed by atoms with Crippen LogP contribution in [0.2, 0.25) is 0 Å². The van der Waals surface area contributed by atoms with E-state index in [1.54, 1.807) is 34.8 Å². The number of allylic oxidation sites excluding steroid dienone is 6. The highest BCUT2D eigenvalue weighted by atomic mass is 32.1. The van der Waals surface area contributed by atoms with E-state index in [0.29, 0.717) is 0 Å². The molecule has 0 radical (unpaired) electrons. The number of carbonyl (C=O) groups is 2. The van der Waals surface area contributed by atoms with Crippen LogP contribution >= 0.6 is 68.8 Å². The summed E-state index contributed by atoms with van der Waals surface area (Å²) >= 11 is 8.66. The van der Waals surface area contributed by atoms with Gasteiger partial charge in [-0.3, -0.25) is 9.59 Å². The summed E-state index contributed by atoms with van der Waals surface area (Å²) in [6.07, 6.45) is 3.42. The number of aromatic nitrogens is 5. The average molecular weight is 1210 g/mol. The predicted molar refractivity (Wildman–Crippen MR) is 333 cm³/mol. The van der Waals surface area contributed by atoms with Crippen molar-refractivity contribution < 1.29 is 9.59 Å². The molecule has 0 spiro atoms. The van der Waals surface area contributed by atoms with Gasteiger partial charge in [0.05, 0.1) is 56.7 Å². The van der Waals surface area contributed by atoms with Crippen molar-refractivity contribution in [2.75, 3.05) is 0 Å². The zero-order valence-corrected chi connectivity index (χ0v) is 49.9. The molecule has 86 heavy (non-hydrogen) atoms. The second-order valence-electron chi connectivity index (χ2n) is 21.9. The summed E-state index contributed by atoms with van der Waals surface area (Å²) in [4.78, 5) is 36.0. The van der Waals surface area contributed by atoms with Crippen LogP contribution < -0.4 is 0 Å². The lowest BCUT2D eigenvalue weighted by atomic mass is 9.83. The maximum Gasteiger partial charge on any atom is 0.194 e. The van der Waals surface area contributed by atoms with Crippen molar-refractivity contribution in [1.29, 1.82) is 42.1 Å². The summed E-state index contributed by atoms with van der Waals surface area (Å²) in [6.45, 7) is 8.69. The van der Waals surface area contributed by atoms with Crippen LogP contribution in [0.25, 0.3) is 108 Å². The Labute approximate surface area is 511 Å². The maximum atomic E-state index is 14.1. The van der Waals surface area contributed by atoms with E-state index in [0.717, 1.165) is 140 Å². The van der Waals surface area contributed by atoms with Crippen LogP contribution in [-0.4, -0.2) is 33.6 Å². The monoisotopic (exact) mass is 1210 g/mol. The van der Waals surface area contributed by atoms with Crippen molar-refractivity contribution in [3.63, 3.8) is 0 Å². The van der Waals surface area contributed by atoms with Crippen LogP contribution in [0.4, 0.5) is 0 Å². The van der Waals surface area contributed by atoms with Gasteiger partial charge >= 0.3 is 0 Å². The number of fused-ring (bicyclic) bond motifs is 15. The van der Waals surface area contributed by atoms with Crippen molar-refractivity contribution in [3.8, 4) is 88.9 Å². The van der Waals surface area contributed by atoms with E-state index in [2.05, 4.69) is 75.7 Å². The summed E-state index contributed by atoms with van der Waals surface area (Å²) in [5, 5.41) is 81.2. The summed E-state index contributed by atoms with van der Waals surface area (Å²) in [5.74, 6) is -0.874. The zero-order chi connectivity index (χ0) is 59.7. The first-order valence-electron chi connectivity index (χ1n) is 26.0. The summed E-state index contributed by atoms with van der Waals surface area (Å²) in [7, 11) is 2.05. The molecule has 11 aromatic rings. The van der Waals surface area contributed by atoms with Gasteiger partial charge in [0.1, 0.15) is 81.8 Å². The molecule has 0 saturated carbocycles. The molecule has 0 bridgehead atoms. The number of nitrogens with zero attached hydrogens (tertiary/aromatic N) is 13. The fourth-order valence-corrected chi connectivity index (χ4v) is 19.4. The molecular formula is C65H27N13O2S6. The Morgan fingerprint density at radius 1 is 0.442 bits per heavy atom. The van der Waals surface area contributed by atoms with Crippen LogP contribution in [0.1, 0.15) is 114 Å². The van der Waals surface area contributed by atoms with E-state index in [1.165, 1.54) is 46.9 Å². The molecule has 0 N–H and O–H groups in total. The third-order valence-corrected chi connectivity index (χ3v) is 22.9. The minimum absolute atomic E-state index is 0.0334. The summed E-state index contributed by atoms with van der Waals surface area (Å²) in [6, 6.07) is 34.2. The van der Waals surface area contributed by atoms with Gasteiger partial charge in [-0.15, -0.1) is 45.3 Å². The number of Topliss-reactive ketones (excluding diaryl/α,β-unsaturated/α-hetero) is 2. The molecule has 0 aliphatic heterocycles. The van der Waals surface area contributed by atoms with Gasteiger partial charge in [0, 0.05) is 112 Å². The molecule has 7 aromatic heterocycles. The highest BCUT2D eigenvalue weighted by Gasteiger charge is 2.43. The van der Waals surface area contributed by atoms with Crippen LogP contribution in [-0.2, 0) is 17.9 Å². The van der Waals surface area contributed by atoms with E-state index in [4.69, 9.17) is 17.5 Å². The molecule has 0 atom stereocenters. The Kier molecular flexibility index (Phi) is 11.0. The smallest absolute Gasteiger partial charge is 0.194 e. The Balaban J connectivity index is 0.813. The van der Waals surface area contributed by atoms with Gasteiger partial charge in [-0.05, 0) is 106 Å². The van der Waals surface area contributed by atoms with Crippen molar-refractivity contribution in [1.82, 2.24) is 22.1 Å². The SMILES string of the molecule is Cn1c2cc(-c3cc4c(s3)-c3sc(/C=C5\C(=O)c6cc(C#N)c(C#N)cc6C5=C(C#N)C#N)cc3C4(C)C)c3nsnc3c2c2c3nsnc3c(-c3cc4c(s3)-c3sc(/C=C5\C(=O)c6cc(C#N)c(C#N)cc6C5=C(C#N)C#N)cc3C4(C)C)cc21. The topological polar surface area (TPSA) is 281 Å². The summed E-state index contributed by atoms with van der Waals surface area (Å²) < 4.78 is 22.0. The van der Waals surface area contributed by atoms with Crippen LogP contribution in [0.3, 0.4) is 0 Å². The fourth-order valence-electron chi connectivity index (χ4n) is 12.8. The van der Waals surface area contributed by atoms with Crippen molar-refractivity contribution >= 4 is 148 Å². The lowest BCUT2D eigenvalue weighted by molar-refractivity contribution is 0.103. The largest absolute Gasteiger partial charge is 0.343 e. The number of rotatable bonds is 4. The number of ketones is 2. The number of hydrogen-bond acceptors (Lipinski definition) is 20. The minimum Gasteiger partial charge on any atom is -0.343 e. The van der Waals surface area contributed by atoms with Gasteiger partial charge in [0.2, 0.25) is 0 Å². The lowest BCUT2D eigenvalue weighted by Crippen LogP contribution is -2.13. The molecule has 4 aliphatic carbocycles. The Hall–Kier alpha value is -10.7. The molecule has 15 nitrogen and oxygen atoms in total. The summed E-state index contributed by atoms with van der Waals surface area (Å²) in [5.41, 5.74) is 11.4. The minimum atomic E-state index is -0.450. The fraction of sp³-hybridized carbons (Fsp3) is 0.108. The standard InChI is InChI=1S/C65H27N13O2S6/c1-64(2)42-12-32(10-40-50(30(22-70)23-71)34-6-26(18-66)28(20-68)8-36(34)58(40)79)81-60(42)62-44(64)16-48(83-62)38-14-46-52(56-54(38)74-85-76-56)53-47(78(46)5)15-39(55-57(53)77-86-75-55)49-17-45-63(84-49)61-43(65(45,3)4)13-33(82-61)11-41-51(31(24-72)25-73)35-7-27(19-67)29(21-69)9-37(35)59(41)80/h6-17H,1-5H3/b40-10-,41-11-. The van der Waals surface area contributed by atoms with E-state index in [-0.39, 0.29) is 77.9 Å². The second kappa shape index (κ2) is 18.2. The van der Waals surface area contributed by atoms with Gasteiger partial charge in [0.15, 0.2) is 11.6 Å². The normalized spacial score (nSPS) is 15.4. The highest BCUT2D eigenvalue weighted by Crippen LogP contribution is 2.60. The van der Waals surface area contributed by atoms with Crippen LogP contribution in [0.5, 0.6) is 0 Å². The molecule has 7 heterocycles. The number of hydrogen-bond donors (Lipinski definition) is 0. The lowest BCUT2D eigenvalue weighted by Gasteiger charge is -2.19. The molecule has 4 aliphatic rings. The number of benzene rings is 4. The molecule has 0 amide bonds. The third kappa shape index (κ3) is 6.81. The van der Waals surface area contributed by atoms with Gasteiger partial charge in [-0.25, -0.2) is 0 Å². The van der Waals surface area contributed by atoms with Gasteiger partial charge in [0.25, 0.3) is 0 Å². The molecule has 15 rings (SSSR count).